The molecule has 1 fully saturated rings. The second-order valence-electron chi connectivity index (χ2n) is 5.72. The van der Waals surface area contributed by atoms with Crippen molar-refractivity contribution < 1.29 is 0 Å². The van der Waals surface area contributed by atoms with Crippen LogP contribution in [0.4, 0.5) is 0 Å². The Labute approximate surface area is 95.4 Å². The van der Waals surface area contributed by atoms with Gasteiger partial charge in [0.15, 0.2) is 0 Å². The molecule has 4 atom stereocenters. The predicted octanol–water partition coefficient (Wildman–Crippen LogP) is 2.35. The summed E-state index contributed by atoms with van der Waals surface area (Å²) in [4.78, 5) is 2.28. The fourth-order valence-corrected chi connectivity index (χ4v) is 2.47. The molecular weight excluding hydrogens is 184 g/mol. The first-order chi connectivity index (χ1) is 7.00. The summed E-state index contributed by atoms with van der Waals surface area (Å²) in [6.45, 7) is 8.18. The van der Waals surface area contributed by atoms with Gasteiger partial charge in [-0.1, -0.05) is 13.8 Å². The average molecular weight is 212 g/mol. The minimum Gasteiger partial charge on any atom is -0.312 e. The van der Waals surface area contributed by atoms with Gasteiger partial charge in [0.2, 0.25) is 0 Å². The molecule has 1 rings (SSSR count). The van der Waals surface area contributed by atoms with Crippen LogP contribution in [0.25, 0.3) is 0 Å². The van der Waals surface area contributed by atoms with Crippen molar-refractivity contribution in [1.82, 2.24) is 10.2 Å². The van der Waals surface area contributed by atoms with Gasteiger partial charge >= 0.3 is 0 Å². The number of hydrogen-bond donors (Lipinski definition) is 1. The SMILES string of the molecule is CC1CCC(NCC(C)N(C)C)C(C)C1. The lowest BCUT2D eigenvalue weighted by atomic mass is 9.80. The lowest BCUT2D eigenvalue weighted by Crippen LogP contribution is -2.44. The second kappa shape index (κ2) is 5.86. The Morgan fingerprint density at radius 2 is 1.93 bits per heavy atom. The monoisotopic (exact) mass is 212 g/mol. The maximum absolute atomic E-state index is 3.73. The van der Waals surface area contributed by atoms with E-state index in [1.54, 1.807) is 0 Å². The summed E-state index contributed by atoms with van der Waals surface area (Å²) in [6, 6.07) is 1.39. The van der Waals surface area contributed by atoms with Crippen molar-refractivity contribution in [2.24, 2.45) is 11.8 Å². The summed E-state index contributed by atoms with van der Waals surface area (Å²) in [5.74, 6) is 1.78. The topological polar surface area (TPSA) is 15.3 Å². The molecule has 1 aliphatic rings. The summed E-state index contributed by atoms with van der Waals surface area (Å²) >= 11 is 0. The van der Waals surface area contributed by atoms with Crippen LogP contribution in [0, 0.1) is 11.8 Å². The van der Waals surface area contributed by atoms with E-state index in [4.69, 9.17) is 0 Å². The minimum atomic E-state index is 0.636. The third kappa shape index (κ3) is 4.12. The molecule has 0 radical (unpaired) electrons. The molecule has 2 heteroatoms. The normalized spacial score (nSPS) is 34.4. The second-order valence-corrected chi connectivity index (χ2v) is 5.72. The Morgan fingerprint density at radius 1 is 1.27 bits per heavy atom. The smallest absolute Gasteiger partial charge is 0.0186 e. The van der Waals surface area contributed by atoms with Gasteiger partial charge in [-0.05, 0) is 52.1 Å². The Balaban J connectivity index is 2.26. The first kappa shape index (κ1) is 13.0. The van der Waals surface area contributed by atoms with Gasteiger partial charge in [-0.15, -0.1) is 0 Å². The van der Waals surface area contributed by atoms with Gasteiger partial charge in [-0.3, -0.25) is 0 Å². The molecule has 1 saturated carbocycles. The van der Waals surface area contributed by atoms with Crippen molar-refractivity contribution in [3.63, 3.8) is 0 Å². The van der Waals surface area contributed by atoms with Gasteiger partial charge in [-0.2, -0.15) is 0 Å². The fourth-order valence-electron chi connectivity index (χ4n) is 2.47. The van der Waals surface area contributed by atoms with Crippen LogP contribution in [0.5, 0.6) is 0 Å². The quantitative estimate of drug-likeness (QED) is 0.769. The third-order valence-corrected chi connectivity index (χ3v) is 3.99. The molecule has 0 aromatic carbocycles. The Bertz CT molecular complexity index is 179. The average Bonchev–Trinajstić information content (AvgIpc) is 2.15. The minimum absolute atomic E-state index is 0.636. The highest BCUT2D eigenvalue weighted by Crippen LogP contribution is 2.28. The standard InChI is InChI=1S/C13H28N2/c1-10-6-7-13(11(2)8-10)14-9-12(3)15(4)5/h10-14H,6-9H2,1-5H3. The Kier molecular flexibility index (Phi) is 5.07. The maximum atomic E-state index is 3.73. The van der Waals surface area contributed by atoms with E-state index in [2.05, 4.69) is 45.1 Å². The number of nitrogens with one attached hydrogen (secondary N) is 1. The van der Waals surface area contributed by atoms with Gasteiger partial charge in [0.05, 0.1) is 0 Å². The number of likely N-dealkylation sites (N-methyl/N-ethyl adjacent to an activating group) is 1. The molecule has 0 saturated heterocycles. The van der Waals surface area contributed by atoms with Crippen LogP contribution in [0.1, 0.15) is 40.0 Å². The van der Waals surface area contributed by atoms with Crippen LogP contribution < -0.4 is 5.32 Å². The number of hydrogen-bond acceptors (Lipinski definition) is 2. The molecule has 0 aromatic heterocycles. The van der Waals surface area contributed by atoms with E-state index in [0.29, 0.717) is 6.04 Å². The number of nitrogens with zero attached hydrogens (tertiary/aromatic N) is 1. The lowest BCUT2D eigenvalue weighted by Gasteiger charge is -2.34. The predicted molar refractivity (Wildman–Crippen MR) is 67.1 cm³/mol. The van der Waals surface area contributed by atoms with Crippen LogP contribution in [-0.4, -0.2) is 37.6 Å². The molecule has 1 aliphatic carbocycles. The largest absolute Gasteiger partial charge is 0.312 e. The van der Waals surface area contributed by atoms with Crippen LogP contribution >= 0.6 is 0 Å². The van der Waals surface area contributed by atoms with Crippen LogP contribution in [-0.2, 0) is 0 Å². The summed E-state index contributed by atoms with van der Waals surface area (Å²) in [7, 11) is 4.30. The summed E-state index contributed by atoms with van der Waals surface area (Å²) in [5, 5.41) is 3.73. The van der Waals surface area contributed by atoms with E-state index in [0.717, 1.165) is 24.4 Å². The van der Waals surface area contributed by atoms with Crippen molar-refractivity contribution in [3.8, 4) is 0 Å². The van der Waals surface area contributed by atoms with E-state index in [-0.39, 0.29) is 0 Å². The zero-order valence-electron chi connectivity index (χ0n) is 11.1. The molecule has 0 amide bonds. The highest BCUT2D eigenvalue weighted by Gasteiger charge is 2.25. The van der Waals surface area contributed by atoms with Crippen molar-refractivity contribution in [1.29, 1.82) is 0 Å². The van der Waals surface area contributed by atoms with Gasteiger partial charge in [0, 0.05) is 18.6 Å². The maximum Gasteiger partial charge on any atom is 0.0186 e. The number of rotatable bonds is 4. The zero-order valence-corrected chi connectivity index (χ0v) is 11.1. The first-order valence-corrected chi connectivity index (χ1v) is 6.40. The summed E-state index contributed by atoms with van der Waals surface area (Å²) in [5.41, 5.74) is 0. The highest BCUT2D eigenvalue weighted by atomic mass is 15.1. The third-order valence-electron chi connectivity index (χ3n) is 3.99. The molecule has 0 aromatic rings. The van der Waals surface area contributed by atoms with Gasteiger partial charge in [-0.25, -0.2) is 0 Å². The van der Waals surface area contributed by atoms with Crippen molar-refractivity contribution in [3.05, 3.63) is 0 Å². The van der Waals surface area contributed by atoms with E-state index in [9.17, 15) is 0 Å². The van der Waals surface area contributed by atoms with E-state index < -0.39 is 0 Å². The summed E-state index contributed by atoms with van der Waals surface area (Å²) < 4.78 is 0. The molecule has 0 bridgehead atoms. The van der Waals surface area contributed by atoms with Crippen LogP contribution in [0.2, 0.25) is 0 Å². The van der Waals surface area contributed by atoms with E-state index in [1.165, 1.54) is 19.3 Å². The molecule has 4 unspecified atom stereocenters. The zero-order chi connectivity index (χ0) is 11.4. The van der Waals surface area contributed by atoms with E-state index >= 15 is 0 Å². The molecule has 0 aliphatic heterocycles. The Hall–Kier alpha value is -0.0800. The van der Waals surface area contributed by atoms with Crippen molar-refractivity contribution in [2.45, 2.75) is 52.1 Å². The van der Waals surface area contributed by atoms with Crippen LogP contribution in [0.15, 0.2) is 0 Å². The molecule has 0 spiro atoms. The molecule has 90 valence electrons. The van der Waals surface area contributed by atoms with Gasteiger partial charge in [0.1, 0.15) is 0 Å². The van der Waals surface area contributed by atoms with Crippen LogP contribution in [0.3, 0.4) is 0 Å². The lowest BCUT2D eigenvalue weighted by molar-refractivity contribution is 0.209. The molecule has 2 nitrogen and oxygen atoms in total. The fraction of sp³-hybridized carbons (Fsp3) is 1.00. The molecule has 1 N–H and O–H groups in total. The highest BCUT2D eigenvalue weighted by molar-refractivity contribution is 4.82. The molecular formula is C13H28N2. The Morgan fingerprint density at radius 3 is 2.47 bits per heavy atom. The van der Waals surface area contributed by atoms with Gasteiger partial charge < -0.3 is 10.2 Å². The molecule has 0 heterocycles. The molecule has 15 heavy (non-hydrogen) atoms. The summed E-state index contributed by atoms with van der Waals surface area (Å²) in [6.07, 6.45) is 4.16. The van der Waals surface area contributed by atoms with Crippen molar-refractivity contribution in [2.75, 3.05) is 20.6 Å². The first-order valence-electron chi connectivity index (χ1n) is 6.40. The van der Waals surface area contributed by atoms with Gasteiger partial charge in [0.25, 0.3) is 0 Å². The van der Waals surface area contributed by atoms with Crippen molar-refractivity contribution >= 4 is 0 Å². The van der Waals surface area contributed by atoms with E-state index in [1.807, 2.05) is 0 Å².